The van der Waals surface area contributed by atoms with Crippen LogP contribution in [0.2, 0.25) is 0 Å². The largest absolute Gasteiger partial charge is 0.492 e. The lowest BCUT2D eigenvalue weighted by atomic mass is 9.93. The lowest BCUT2D eigenvalue weighted by molar-refractivity contribution is -0.134. The molecule has 40 heavy (non-hydrogen) atoms. The van der Waals surface area contributed by atoms with Gasteiger partial charge in [-0.3, -0.25) is 4.79 Å². The van der Waals surface area contributed by atoms with Gasteiger partial charge < -0.3 is 20.1 Å². The molecular formula is C30H33F3N4O3. The first-order valence-corrected chi connectivity index (χ1v) is 13.4. The van der Waals surface area contributed by atoms with Crippen molar-refractivity contribution < 1.29 is 27.8 Å². The highest BCUT2D eigenvalue weighted by molar-refractivity contribution is 5.97. The number of hydrogen-bond acceptors (Lipinski definition) is 6. The molecule has 3 aromatic rings. The number of aliphatic hydroxyl groups is 1. The topological polar surface area (TPSA) is 87.6 Å². The zero-order valence-electron chi connectivity index (χ0n) is 23.0. The van der Waals surface area contributed by atoms with Crippen LogP contribution in [0.5, 0.6) is 5.75 Å². The fourth-order valence-corrected chi connectivity index (χ4v) is 5.40. The Morgan fingerprint density at radius 2 is 1.98 bits per heavy atom. The molecule has 0 bridgehead atoms. The molecule has 2 aliphatic heterocycles. The van der Waals surface area contributed by atoms with Gasteiger partial charge >= 0.3 is 0 Å². The molecule has 2 aromatic carbocycles. The highest BCUT2D eigenvalue weighted by atomic mass is 19.3. The number of alkyl halides is 2. The van der Waals surface area contributed by atoms with Crippen molar-refractivity contribution in [3.63, 3.8) is 0 Å². The number of carbonyl (C=O) groups is 1. The van der Waals surface area contributed by atoms with E-state index in [-0.39, 0.29) is 17.9 Å². The molecule has 1 atom stereocenters. The molecular weight excluding hydrogens is 521 g/mol. The van der Waals surface area contributed by atoms with Crippen molar-refractivity contribution in [3.8, 4) is 5.75 Å². The number of halogens is 3. The Morgan fingerprint density at radius 1 is 1.23 bits per heavy atom. The average molecular weight is 555 g/mol. The van der Waals surface area contributed by atoms with Crippen LogP contribution in [0.1, 0.15) is 74.2 Å². The van der Waals surface area contributed by atoms with Gasteiger partial charge in [0.2, 0.25) is 5.91 Å². The number of amides is 1. The number of aryl methyl sites for hydroxylation is 1. The van der Waals surface area contributed by atoms with Crippen LogP contribution in [0.3, 0.4) is 0 Å². The van der Waals surface area contributed by atoms with Crippen LogP contribution >= 0.6 is 0 Å². The third kappa shape index (κ3) is 5.50. The minimum atomic E-state index is -2.91. The summed E-state index contributed by atoms with van der Waals surface area (Å²) in [5.41, 5.74) is 2.03. The van der Waals surface area contributed by atoms with Crippen molar-refractivity contribution in [1.82, 2.24) is 14.9 Å². The van der Waals surface area contributed by atoms with E-state index in [1.807, 2.05) is 12.1 Å². The van der Waals surface area contributed by atoms with Gasteiger partial charge in [0, 0.05) is 41.6 Å². The number of nitrogens with one attached hydrogen (secondary N) is 1. The summed E-state index contributed by atoms with van der Waals surface area (Å²) in [6, 6.07) is 5.32. The van der Waals surface area contributed by atoms with Crippen molar-refractivity contribution in [3.05, 3.63) is 64.2 Å². The first-order chi connectivity index (χ1) is 18.9. The molecule has 2 aliphatic rings. The maximum atomic E-state index is 14.9. The summed E-state index contributed by atoms with van der Waals surface area (Å²) in [6.07, 6.45) is 0.417. The van der Waals surface area contributed by atoms with Crippen LogP contribution < -0.4 is 10.1 Å². The number of carbonyl (C=O) groups excluding carboxylic acids is 1. The maximum absolute atomic E-state index is 14.9. The van der Waals surface area contributed by atoms with Gasteiger partial charge in [0.05, 0.1) is 35.8 Å². The van der Waals surface area contributed by atoms with E-state index in [1.165, 1.54) is 12.1 Å². The predicted molar refractivity (Wildman–Crippen MR) is 147 cm³/mol. The van der Waals surface area contributed by atoms with E-state index in [9.17, 15) is 23.1 Å². The number of aromatic nitrogens is 2. The minimum Gasteiger partial charge on any atom is -0.492 e. The summed E-state index contributed by atoms with van der Waals surface area (Å²) in [5, 5.41) is 14.0. The Bertz CT molecular complexity index is 1500. The lowest BCUT2D eigenvalue weighted by Crippen LogP contribution is -2.38. The molecule has 212 valence electrons. The average Bonchev–Trinajstić information content (AvgIpc) is 3.38. The SMILES string of the molecule is Cc1nc(NC(C)c2cccc(C(F)F)c2F)c2cc(C3=CCN(C(=O)CC(C)(C)O)CC3)c3c(c2n1)CCO3. The Labute approximate surface area is 231 Å². The van der Waals surface area contributed by atoms with Crippen molar-refractivity contribution in [2.75, 3.05) is 25.0 Å². The summed E-state index contributed by atoms with van der Waals surface area (Å²) >= 11 is 0. The highest BCUT2D eigenvalue weighted by Crippen LogP contribution is 2.42. The van der Waals surface area contributed by atoms with Crippen LogP contribution in [0.25, 0.3) is 16.5 Å². The van der Waals surface area contributed by atoms with E-state index >= 15 is 0 Å². The molecule has 0 saturated carbocycles. The van der Waals surface area contributed by atoms with E-state index in [1.54, 1.807) is 32.6 Å². The van der Waals surface area contributed by atoms with Crippen molar-refractivity contribution in [1.29, 1.82) is 0 Å². The summed E-state index contributed by atoms with van der Waals surface area (Å²) < 4.78 is 47.6. The molecule has 10 heteroatoms. The van der Waals surface area contributed by atoms with Gasteiger partial charge in [-0.15, -0.1) is 0 Å². The molecule has 5 rings (SSSR count). The van der Waals surface area contributed by atoms with Crippen LogP contribution in [-0.4, -0.2) is 51.2 Å². The maximum Gasteiger partial charge on any atom is 0.266 e. The molecule has 1 aromatic heterocycles. The standard InChI is InChI=1S/C30H33F3N4O3/c1-16(19-6-5-7-20(25(19)31)28(32)33)34-29-23-14-22(27-21(10-13-40-27)26(23)35-17(2)36-29)18-8-11-37(12-9-18)24(38)15-30(3,4)39/h5-8,14,16,28,39H,9-13,15H2,1-4H3,(H,34,35,36). The van der Waals surface area contributed by atoms with E-state index in [2.05, 4.69) is 10.3 Å². The van der Waals surface area contributed by atoms with Gasteiger partial charge in [0.25, 0.3) is 6.43 Å². The highest BCUT2D eigenvalue weighted by Gasteiger charge is 2.29. The van der Waals surface area contributed by atoms with Gasteiger partial charge in [-0.05, 0) is 45.8 Å². The monoisotopic (exact) mass is 554 g/mol. The van der Waals surface area contributed by atoms with Gasteiger partial charge in [-0.2, -0.15) is 0 Å². The third-order valence-electron chi connectivity index (χ3n) is 7.35. The molecule has 0 radical (unpaired) electrons. The van der Waals surface area contributed by atoms with Crippen LogP contribution in [0.15, 0.2) is 30.3 Å². The van der Waals surface area contributed by atoms with E-state index < -0.39 is 29.4 Å². The summed E-state index contributed by atoms with van der Waals surface area (Å²) in [7, 11) is 0. The Morgan fingerprint density at radius 3 is 2.65 bits per heavy atom. The molecule has 7 nitrogen and oxygen atoms in total. The molecule has 0 saturated heterocycles. The fourth-order valence-electron chi connectivity index (χ4n) is 5.40. The first kappa shape index (κ1) is 27.9. The zero-order chi connectivity index (χ0) is 28.8. The van der Waals surface area contributed by atoms with Crippen LogP contribution in [-0.2, 0) is 11.2 Å². The molecule has 3 heterocycles. The van der Waals surface area contributed by atoms with Crippen molar-refractivity contribution >= 4 is 28.2 Å². The fraction of sp³-hybridized carbons (Fsp3) is 0.433. The Hall–Kier alpha value is -3.66. The second kappa shape index (κ2) is 10.7. The normalized spacial score (nSPS) is 16.1. The number of anilines is 1. The Kier molecular flexibility index (Phi) is 7.48. The Balaban J connectivity index is 1.52. The molecule has 0 spiro atoms. The van der Waals surface area contributed by atoms with E-state index in [0.29, 0.717) is 44.2 Å². The second-order valence-corrected chi connectivity index (χ2v) is 11.1. The van der Waals surface area contributed by atoms with Gasteiger partial charge in [-0.1, -0.05) is 24.3 Å². The summed E-state index contributed by atoms with van der Waals surface area (Å²) in [6.45, 7) is 8.16. The molecule has 2 N–H and O–H groups in total. The van der Waals surface area contributed by atoms with E-state index in [0.717, 1.165) is 39.4 Å². The lowest BCUT2D eigenvalue weighted by Gasteiger charge is -2.29. The van der Waals surface area contributed by atoms with E-state index in [4.69, 9.17) is 9.72 Å². The number of rotatable bonds is 7. The number of nitrogens with zero attached hydrogens (tertiary/aromatic N) is 3. The van der Waals surface area contributed by atoms with Gasteiger partial charge in [0.1, 0.15) is 23.2 Å². The quantitative estimate of drug-likeness (QED) is 0.378. The summed E-state index contributed by atoms with van der Waals surface area (Å²) in [4.78, 5) is 23.6. The predicted octanol–water partition coefficient (Wildman–Crippen LogP) is 5.90. The number of ether oxygens (including phenoxy) is 1. The van der Waals surface area contributed by atoms with Gasteiger partial charge in [-0.25, -0.2) is 23.1 Å². The number of hydrogen-bond donors (Lipinski definition) is 2. The second-order valence-electron chi connectivity index (χ2n) is 11.1. The number of benzene rings is 2. The molecule has 1 amide bonds. The third-order valence-corrected chi connectivity index (χ3v) is 7.35. The minimum absolute atomic E-state index is 0.0510. The molecule has 1 unspecified atom stereocenters. The number of fused-ring (bicyclic) bond motifs is 3. The smallest absolute Gasteiger partial charge is 0.266 e. The zero-order valence-corrected chi connectivity index (χ0v) is 23.0. The summed E-state index contributed by atoms with van der Waals surface area (Å²) in [5.74, 6) is 0.728. The van der Waals surface area contributed by atoms with Gasteiger partial charge in [0.15, 0.2) is 0 Å². The molecule has 0 aliphatic carbocycles. The van der Waals surface area contributed by atoms with Crippen LogP contribution in [0, 0.1) is 12.7 Å². The first-order valence-electron chi connectivity index (χ1n) is 13.4. The molecule has 0 fully saturated rings. The van der Waals surface area contributed by atoms with Crippen molar-refractivity contribution in [2.45, 2.75) is 65.0 Å². The van der Waals surface area contributed by atoms with Crippen LogP contribution in [0.4, 0.5) is 19.0 Å². The van der Waals surface area contributed by atoms with Crippen molar-refractivity contribution in [2.24, 2.45) is 0 Å².